The summed E-state index contributed by atoms with van der Waals surface area (Å²) in [6.07, 6.45) is 1.11. The first-order chi connectivity index (χ1) is 8.75. The van der Waals surface area contributed by atoms with Crippen LogP contribution in [-0.2, 0) is 24.2 Å². The van der Waals surface area contributed by atoms with Gasteiger partial charge in [-0.3, -0.25) is 14.4 Å². The molecule has 0 radical (unpaired) electrons. The summed E-state index contributed by atoms with van der Waals surface area (Å²) in [6.45, 7) is 8.61. The summed E-state index contributed by atoms with van der Waals surface area (Å²) in [5, 5.41) is 5.09. The van der Waals surface area contributed by atoms with E-state index in [0.717, 1.165) is 24.4 Å². The van der Waals surface area contributed by atoms with E-state index < -0.39 is 5.54 Å². The molecule has 0 N–H and O–H groups in total. The van der Waals surface area contributed by atoms with E-state index in [1.54, 1.807) is 0 Å². The fourth-order valence-electron chi connectivity index (χ4n) is 1.80. The third kappa shape index (κ3) is 3.18. The lowest BCUT2D eigenvalue weighted by Gasteiger charge is -2.31. The highest BCUT2D eigenvalue weighted by molar-refractivity contribution is 6.32. The quantitative estimate of drug-likeness (QED) is 0.806. The molecule has 0 aliphatic rings. The zero-order valence-electron chi connectivity index (χ0n) is 12.7. The Morgan fingerprint density at radius 1 is 1.37 bits per heavy atom. The number of likely N-dealkylation sites (N-methyl/N-ethyl adjacent to an activating group) is 1. The van der Waals surface area contributed by atoms with Crippen molar-refractivity contribution in [2.75, 3.05) is 14.1 Å². The van der Waals surface area contributed by atoms with Crippen LogP contribution in [0.2, 0.25) is 5.02 Å². The highest BCUT2D eigenvalue weighted by Gasteiger charge is 2.31. The summed E-state index contributed by atoms with van der Waals surface area (Å²) in [5.41, 5.74) is 1.20. The second kappa shape index (κ2) is 6.06. The molecule has 0 unspecified atom stereocenters. The summed E-state index contributed by atoms with van der Waals surface area (Å²) in [6, 6.07) is 0. The standard InChI is InChI=1S/C14H24ClN3O/c1-7-10-13(15)11(18(8-2)16-10)9-12(19)14(3,4)17(5)6/h7-9H2,1-6H3. The Morgan fingerprint density at radius 3 is 2.37 bits per heavy atom. The number of carbonyl (C=O) groups is 1. The molecule has 0 aliphatic heterocycles. The Morgan fingerprint density at radius 2 is 1.95 bits per heavy atom. The van der Waals surface area contributed by atoms with Crippen molar-refractivity contribution < 1.29 is 4.79 Å². The number of rotatable bonds is 6. The van der Waals surface area contributed by atoms with E-state index >= 15 is 0 Å². The van der Waals surface area contributed by atoms with Gasteiger partial charge in [0.1, 0.15) is 0 Å². The van der Waals surface area contributed by atoms with Crippen LogP contribution in [0.15, 0.2) is 0 Å². The highest BCUT2D eigenvalue weighted by Crippen LogP contribution is 2.24. The minimum absolute atomic E-state index is 0.150. The number of hydrogen-bond donors (Lipinski definition) is 0. The lowest BCUT2D eigenvalue weighted by molar-refractivity contribution is -0.127. The van der Waals surface area contributed by atoms with Crippen molar-refractivity contribution in [3.05, 3.63) is 16.4 Å². The van der Waals surface area contributed by atoms with Gasteiger partial charge in [0.25, 0.3) is 0 Å². The molecule has 5 heteroatoms. The molecule has 0 aliphatic carbocycles. The molecule has 1 heterocycles. The predicted molar refractivity (Wildman–Crippen MR) is 78.8 cm³/mol. The van der Waals surface area contributed by atoms with Crippen molar-refractivity contribution in [2.45, 2.75) is 52.6 Å². The number of halogens is 1. The van der Waals surface area contributed by atoms with Gasteiger partial charge >= 0.3 is 0 Å². The number of ketones is 1. The third-order valence-corrected chi connectivity index (χ3v) is 4.26. The molecular weight excluding hydrogens is 262 g/mol. The maximum absolute atomic E-state index is 12.5. The fourth-order valence-corrected chi connectivity index (χ4v) is 2.14. The van der Waals surface area contributed by atoms with Crippen molar-refractivity contribution in [3.63, 3.8) is 0 Å². The van der Waals surface area contributed by atoms with Crippen molar-refractivity contribution in [1.82, 2.24) is 14.7 Å². The van der Waals surface area contributed by atoms with Gasteiger partial charge in [0.05, 0.1) is 28.4 Å². The molecule has 1 rings (SSSR count). The molecule has 1 aromatic rings. The number of hydrogen-bond acceptors (Lipinski definition) is 3. The molecule has 0 bridgehead atoms. The highest BCUT2D eigenvalue weighted by atomic mass is 35.5. The Labute approximate surface area is 120 Å². The van der Waals surface area contributed by atoms with Gasteiger partial charge in [-0.15, -0.1) is 0 Å². The predicted octanol–water partition coefficient (Wildman–Crippen LogP) is 2.57. The topological polar surface area (TPSA) is 38.1 Å². The van der Waals surface area contributed by atoms with E-state index in [-0.39, 0.29) is 5.78 Å². The Kier molecular flexibility index (Phi) is 5.16. The number of Topliss-reactive ketones (excluding diaryl/α,β-unsaturated/α-hetero) is 1. The molecule has 0 spiro atoms. The SMILES string of the molecule is CCc1nn(CC)c(CC(=O)C(C)(C)N(C)C)c1Cl. The largest absolute Gasteiger partial charge is 0.298 e. The van der Waals surface area contributed by atoms with Gasteiger partial charge in [-0.25, -0.2) is 0 Å². The lowest BCUT2D eigenvalue weighted by Crippen LogP contribution is -2.46. The van der Waals surface area contributed by atoms with Crippen LogP contribution in [0, 0.1) is 0 Å². The average molecular weight is 286 g/mol. The molecule has 0 fully saturated rings. The summed E-state index contributed by atoms with van der Waals surface area (Å²) in [7, 11) is 3.82. The van der Waals surface area contributed by atoms with Crippen LogP contribution in [0.5, 0.6) is 0 Å². The smallest absolute Gasteiger partial charge is 0.158 e. The van der Waals surface area contributed by atoms with Crippen LogP contribution in [0.3, 0.4) is 0 Å². The zero-order chi connectivity index (χ0) is 14.8. The molecule has 108 valence electrons. The van der Waals surface area contributed by atoms with Gasteiger partial charge in [-0.05, 0) is 41.3 Å². The van der Waals surface area contributed by atoms with Gasteiger partial charge in [0.2, 0.25) is 0 Å². The number of aromatic nitrogens is 2. The first kappa shape index (κ1) is 16.2. The van der Waals surface area contributed by atoms with Crippen molar-refractivity contribution in [2.24, 2.45) is 0 Å². The lowest BCUT2D eigenvalue weighted by atomic mass is 9.94. The van der Waals surface area contributed by atoms with Crippen LogP contribution >= 0.6 is 11.6 Å². The summed E-state index contributed by atoms with van der Waals surface area (Å²) < 4.78 is 1.84. The molecule has 0 atom stereocenters. The Balaban J connectivity index is 3.06. The summed E-state index contributed by atoms with van der Waals surface area (Å²) >= 11 is 6.33. The van der Waals surface area contributed by atoms with Crippen molar-refractivity contribution in [1.29, 1.82) is 0 Å². The van der Waals surface area contributed by atoms with Crippen LogP contribution in [0.4, 0.5) is 0 Å². The van der Waals surface area contributed by atoms with E-state index in [1.807, 2.05) is 51.4 Å². The van der Waals surface area contributed by atoms with E-state index in [9.17, 15) is 4.79 Å². The van der Waals surface area contributed by atoms with Crippen LogP contribution < -0.4 is 0 Å². The minimum Gasteiger partial charge on any atom is -0.298 e. The number of carbonyl (C=O) groups excluding carboxylic acids is 1. The van der Waals surface area contributed by atoms with Crippen molar-refractivity contribution >= 4 is 17.4 Å². The number of nitrogens with zero attached hydrogens (tertiary/aromatic N) is 3. The second-order valence-corrected chi connectivity index (χ2v) is 5.81. The summed E-state index contributed by atoms with van der Waals surface area (Å²) in [5.74, 6) is 0.150. The molecule has 19 heavy (non-hydrogen) atoms. The van der Waals surface area contributed by atoms with Gasteiger partial charge in [0, 0.05) is 6.54 Å². The molecule has 0 amide bonds. The van der Waals surface area contributed by atoms with Gasteiger partial charge in [0.15, 0.2) is 5.78 Å². The van der Waals surface area contributed by atoms with Crippen LogP contribution in [-0.4, -0.2) is 40.1 Å². The van der Waals surface area contributed by atoms with E-state index in [0.29, 0.717) is 11.4 Å². The molecule has 4 nitrogen and oxygen atoms in total. The Hall–Kier alpha value is -0.870. The number of aryl methyl sites for hydroxylation is 2. The molecule has 1 aromatic heterocycles. The first-order valence-corrected chi connectivity index (χ1v) is 7.08. The van der Waals surface area contributed by atoms with E-state index in [1.165, 1.54) is 0 Å². The van der Waals surface area contributed by atoms with Crippen LogP contribution in [0.25, 0.3) is 0 Å². The zero-order valence-corrected chi connectivity index (χ0v) is 13.5. The molecule has 0 saturated carbocycles. The van der Waals surface area contributed by atoms with Gasteiger partial charge in [-0.1, -0.05) is 18.5 Å². The average Bonchev–Trinajstić information content (AvgIpc) is 2.65. The maximum atomic E-state index is 12.5. The van der Waals surface area contributed by atoms with E-state index in [4.69, 9.17) is 11.6 Å². The van der Waals surface area contributed by atoms with E-state index in [2.05, 4.69) is 5.10 Å². The monoisotopic (exact) mass is 285 g/mol. The van der Waals surface area contributed by atoms with Crippen LogP contribution in [0.1, 0.15) is 39.1 Å². The normalized spacial score (nSPS) is 12.2. The second-order valence-electron chi connectivity index (χ2n) is 5.43. The first-order valence-electron chi connectivity index (χ1n) is 6.70. The molecular formula is C14H24ClN3O. The maximum Gasteiger partial charge on any atom is 0.158 e. The fraction of sp³-hybridized carbons (Fsp3) is 0.714. The van der Waals surface area contributed by atoms with Gasteiger partial charge in [-0.2, -0.15) is 5.10 Å². The summed E-state index contributed by atoms with van der Waals surface area (Å²) in [4.78, 5) is 14.4. The van der Waals surface area contributed by atoms with Crippen molar-refractivity contribution in [3.8, 4) is 0 Å². The van der Waals surface area contributed by atoms with Gasteiger partial charge < -0.3 is 0 Å². The molecule has 0 aromatic carbocycles. The molecule has 0 saturated heterocycles. The third-order valence-electron chi connectivity index (χ3n) is 3.82. The Bertz CT molecular complexity index is 464. The minimum atomic E-state index is -0.501.